The first-order valence-electron chi connectivity index (χ1n) is 9.30. The number of carbonyl (C=O) groups excluding carboxylic acids is 2. The Morgan fingerprint density at radius 3 is 2.24 bits per heavy atom. The van der Waals surface area contributed by atoms with Gasteiger partial charge in [-0.2, -0.15) is 31.4 Å². The third-order valence-corrected chi connectivity index (χ3v) is 4.57. The Kier molecular flexibility index (Phi) is 6.21. The summed E-state index contributed by atoms with van der Waals surface area (Å²) in [7, 11) is 0. The lowest BCUT2D eigenvalue weighted by molar-refractivity contribution is -0.138. The third kappa shape index (κ3) is 5.33. The van der Waals surface area contributed by atoms with Gasteiger partial charge in [-0.05, 0) is 43.3 Å². The van der Waals surface area contributed by atoms with E-state index in [1.165, 1.54) is 25.1 Å². The van der Waals surface area contributed by atoms with Crippen molar-refractivity contribution in [2.24, 2.45) is 0 Å². The number of anilines is 2. The lowest BCUT2D eigenvalue weighted by atomic mass is 10.1. The van der Waals surface area contributed by atoms with E-state index in [1.54, 1.807) is 0 Å². The van der Waals surface area contributed by atoms with E-state index < -0.39 is 41.0 Å². The fourth-order valence-corrected chi connectivity index (χ4v) is 3.07. The van der Waals surface area contributed by atoms with Crippen LogP contribution in [0.2, 0.25) is 0 Å². The molecule has 0 radical (unpaired) electrons. The van der Waals surface area contributed by atoms with Crippen molar-refractivity contribution < 1.29 is 35.9 Å². The van der Waals surface area contributed by atoms with Gasteiger partial charge in [0.2, 0.25) is 5.91 Å². The first-order chi connectivity index (χ1) is 15.3. The monoisotopic (exact) mass is 470 g/mol. The Bertz CT molecular complexity index is 1210. The Morgan fingerprint density at radius 2 is 1.64 bits per heavy atom. The number of halogens is 6. The summed E-state index contributed by atoms with van der Waals surface area (Å²) in [4.78, 5) is 23.8. The molecule has 0 bridgehead atoms. The summed E-state index contributed by atoms with van der Waals surface area (Å²) in [6.45, 7) is 2.53. The van der Waals surface area contributed by atoms with Gasteiger partial charge >= 0.3 is 12.4 Å². The molecule has 0 aliphatic carbocycles. The molecule has 2 amide bonds. The van der Waals surface area contributed by atoms with Crippen molar-refractivity contribution in [1.82, 2.24) is 9.78 Å². The minimum atomic E-state index is -4.84. The highest BCUT2D eigenvalue weighted by Crippen LogP contribution is 2.37. The van der Waals surface area contributed by atoms with Crippen LogP contribution in [-0.4, -0.2) is 21.6 Å². The molecule has 0 atom stereocenters. The molecule has 33 heavy (non-hydrogen) atoms. The highest BCUT2D eigenvalue weighted by atomic mass is 19.4. The van der Waals surface area contributed by atoms with E-state index in [4.69, 9.17) is 0 Å². The van der Waals surface area contributed by atoms with Gasteiger partial charge in [-0.3, -0.25) is 9.59 Å². The largest absolute Gasteiger partial charge is 0.418 e. The minimum absolute atomic E-state index is 0.0250. The van der Waals surface area contributed by atoms with Crippen molar-refractivity contribution in [2.75, 3.05) is 10.6 Å². The molecule has 0 saturated heterocycles. The lowest BCUT2D eigenvalue weighted by Gasteiger charge is -2.15. The van der Waals surface area contributed by atoms with Crippen molar-refractivity contribution in [3.8, 4) is 5.69 Å². The van der Waals surface area contributed by atoms with Gasteiger partial charge in [0, 0.05) is 12.6 Å². The molecule has 0 aliphatic rings. The van der Waals surface area contributed by atoms with Crippen LogP contribution in [-0.2, 0) is 17.1 Å². The number of rotatable bonds is 4. The van der Waals surface area contributed by atoms with Crippen molar-refractivity contribution in [2.45, 2.75) is 26.2 Å². The van der Waals surface area contributed by atoms with Crippen LogP contribution in [0.3, 0.4) is 0 Å². The average Bonchev–Trinajstić information content (AvgIpc) is 3.09. The smallest absolute Gasteiger partial charge is 0.326 e. The Morgan fingerprint density at radius 1 is 0.939 bits per heavy atom. The van der Waals surface area contributed by atoms with Crippen LogP contribution in [0.15, 0.2) is 48.7 Å². The summed E-state index contributed by atoms with van der Waals surface area (Å²) < 4.78 is 80.5. The van der Waals surface area contributed by atoms with Gasteiger partial charge in [-0.1, -0.05) is 6.07 Å². The van der Waals surface area contributed by atoms with Crippen molar-refractivity contribution in [3.63, 3.8) is 0 Å². The molecule has 12 heteroatoms. The standard InChI is InChI=1S/C21H16F6N4O2/c1-11-16(10-28-31(11)15-5-3-4-13(8-15)20(22,23)24)19(33)30-18-7-6-14(29-12(2)32)9-17(18)21(25,26)27/h3-10H,1-2H3,(H,29,32)(H,30,33). The minimum Gasteiger partial charge on any atom is -0.326 e. The molecule has 1 aromatic heterocycles. The summed E-state index contributed by atoms with van der Waals surface area (Å²) >= 11 is 0. The van der Waals surface area contributed by atoms with Crippen LogP contribution in [0.4, 0.5) is 37.7 Å². The van der Waals surface area contributed by atoms with Gasteiger partial charge in [0.15, 0.2) is 0 Å². The van der Waals surface area contributed by atoms with Gasteiger partial charge in [-0.25, -0.2) is 4.68 Å². The fraction of sp³-hybridized carbons (Fsp3) is 0.190. The lowest BCUT2D eigenvalue weighted by Crippen LogP contribution is -2.18. The normalized spacial score (nSPS) is 11.9. The first-order valence-corrected chi connectivity index (χ1v) is 9.30. The number of hydrogen-bond donors (Lipinski definition) is 2. The molecule has 6 nitrogen and oxygen atoms in total. The van der Waals surface area contributed by atoms with Crippen molar-refractivity contribution >= 4 is 23.2 Å². The molecule has 3 rings (SSSR count). The van der Waals surface area contributed by atoms with Crippen LogP contribution in [0.25, 0.3) is 5.69 Å². The van der Waals surface area contributed by atoms with E-state index in [1.807, 2.05) is 0 Å². The number of alkyl halides is 6. The third-order valence-electron chi connectivity index (χ3n) is 4.57. The van der Waals surface area contributed by atoms with E-state index in [0.29, 0.717) is 6.07 Å². The molecule has 2 aromatic carbocycles. The van der Waals surface area contributed by atoms with E-state index >= 15 is 0 Å². The number of nitrogens with zero attached hydrogens (tertiary/aromatic N) is 2. The second kappa shape index (κ2) is 8.60. The quantitative estimate of drug-likeness (QED) is 0.500. The maximum Gasteiger partial charge on any atom is 0.418 e. The van der Waals surface area contributed by atoms with Gasteiger partial charge < -0.3 is 10.6 Å². The van der Waals surface area contributed by atoms with Gasteiger partial charge in [0.1, 0.15) is 0 Å². The first kappa shape index (κ1) is 23.8. The molecule has 174 valence electrons. The second-order valence-electron chi connectivity index (χ2n) is 7.00. The number of carbonyl (C=O) groups is 2. The predicted molar refractivity (Wildman–Crippen MR) is 107 cm³/mol. The zero-order valence-electron chi connectivity index (χ0n) is 17.1. The van der Waals surface area contributed by atoms with Gasteiger partial charge in [0.05, 0.1) is 40.0 Å². The Balaban J connectivity index is 1.93. The Hall–Kier alpha value is -3.83. The number of hydrogen-bond acceptors (Lipinski definition) is 3. The van der Waals surface area contributed by atoms with E-state index in [2.05, 4.69) is 15.7 Å². The van der Waals surface area contributed by atoms with Crippen molar-refractivity contribution in [3.05, 3.63) is 71.0 Å². The number of amides is 2. The zero-order chi connectivity index (χ0) is 24.6. The molecule has 0 unspecified atom stereocenters. The van der Waals surface area contributed by atoms with Gasteiger partial charge in [-0.15, -0.1) is 0 Å². The maximum absolute atomic E-state index is 13.5. The fourth-order valence-electron chi connectivity index (χ4n) is 3.07. The molecule has 0 spiro atoms. The summed E-state index contributed by atoms with van der Waals surface area (Å²) in [6, 6.07) is 7.08. The maximum atomic E-state index is 13.5. The van der Waals surface area contributed by atoms with Crippen LogP contribution in [0, 0.1) is 6.92 Å². The van der Waals surface area contributed by atoms with E-state index in [9.17, 15) is 35.9 Å². The Labute approximate surface area is 183 Å². The summed E-state index contributed by atoms with van der Waals surface area (Å²) in [5.41, 5.74) is -2.77. The highest BCUT2D eigenvalue weighted by molar-refractivity contribution is 6.05. The topological polar surface area (TPSA) is 76.0 Å². The van der Waals surface area contributed by atoms with E-state index in [0.717, 1.165) is 36.0 Å². The average molecular weight is 470 g/mol. The zero-order valence-corrected chi connectivity index (χ0v) is 17.1. The van der Waals surface area contributed by atoms with Crippen LogP contribution < -0.4 is 10.6 Å². The van der Waals surface area contributed by atoms with E-state index in [-0.39, 0.29) is 22.6 Å². The SMILES string of the molecule is CC(=O)Nc1ccc(NC(=O)c2cnn(-c3cccc(C(F)(F)F)c3)c2C)c(C(F)(F)F)c1. The summed E-state index contributed by atoms with van der Waals surface area (Å²) in [6.07, 6.45) is -8.38. The predicted octanol–water partition coefficient (Wildman–Crippen LogP) is 5.43. The van der Waals surface area contributed by atoms with Crippen LogP contribution >= 0.6 is 0 Å². The number of nitrogens with one attached hydrogen (secondary N) is 2. The molecular weight excluding hydrogens is 454 g/mol. The number of benzene rings is 2. The molecule has 0 saturated carbocycles. The summed E-state index contributed by atoms with van der Waals surface area (Å²) in [5.74, 6) is -1.51. The van der Waals surface area contributed by atoms with Crippen LogP contribution in [0.1, 0.15) is 34.1 Å². The number of aromatic nitrogens is 2. The summed E-state index contributed by atoms with van der Waals surface area (Å²) in [5, 5.41) is 8.29. The molecule has 0 fully saturated rings. The van der Waals surface area contributed by atoms with Gasteiger partial charge in [0.25, 0.3) is 5.91 Å². The highest BCUT2D eigenvalue weighted by Gasteiger charge is 2.35. The molecule has 1 heterocycles. The van der Waals surface area contributed by atoms with Crippen LogP contribution in [0.5, 0.6) is 0 Å². The molecule has 3 aromatic rings. The van der Waals surface area contributed by atoms with Crippen molar-refractivity contribution in [1.29, 1.82) is 0 Å². The molecule has 0 aliphatic heterocycles. The molecule has 2 N–H and O–H groups in total. The molecular formula is C21H16F6N4O2. The second-order valence-corrected chi connectivity index (χ2v) is 7.00.